The lowest BCUT2D eigenvalue weighted by molar-refractivity contribution is -0.385. The van der Waals surface area contributed by atoms with Crippen molar-refractivity contribution in [2.24, 2.45) is 17.3 Å². The zero-order valence-electron chi connectivity index (χ0n) is 18.7. The smallest absolute Gasteiger partial charge is 0.273 e. The van der Waals surface area contributed by atoms with E-state index in [-0.39, 0.29) is 23.1 Å². The summed E-state index contributed by atoms with van der Waals surface area (Å²) in [6, 6.07) is 14.6. The highest BCUT2D eigenvalue weighted by Gasteiger charge is 2.51. The molecule has 0 saturated heterocycles. The predicted molar refractivity (Wildman–Crippen MR) is 122 cm³/mol. The molecule has 162 valence electrons. The highest BCUT2D eigenvalue weighted by atomic mass is 16.6. The number of hydrogen-bond donors (Lipinski definition) is 0. The van der Waals surface area contributed by atoms with E-state index >= 15 is 0 Å². The van der Waals surface area contributed by atoms with E-state index in [4.69, 9.17) is 0 Å². The summed E-state index contributed by atoms with van der Waals surface area (Å²) in [6.45, 7) is 8.94. The fourth-order valence-electron chi connectivity index (χ4n) is 5.25. The summed E-state index contributed by atoms with van der Waals surface area (Å²) < 4.78 is 0. The molecule has 5 heteroatoms. The molecule has 1 fully saturated rings. The van der Waals surface area contributed by atoms with Gasteiger partial charge in [0, 0.05) is 23.7 Å². The Labute approximate surface area is 183 Å². The fourth-order valence-corrected chi connectivity index (χ4v) is 5.25. The summed E-state index contributed by atoms with van der Waals surface area (Å²) in [4.78, 5) is 26.6. The van der Waals surface area contributed by atoms with Gasteiger partial charge in [-0.05, 0) is 55.6 Å². The first kappa shape index (κ1) is 21.3. The number of rotatable bonds is 6. The topological polar surface area (TPSA) is 63.5 Å². The number of fused-ring (bicyclic) bond motifs is 1. The van der Waals surface area contributed by atoms with Gasteiger partial charge in [0.25, 0.3) is 11.6 Å². The molecule has 3 aliphatic carbocycles. The second-order valence-corrected chi connectivity index (χ2v) is 9.60. The van der Waals surface area contributed by atoms with Crippen LogP contribution in [0.2, 0.25) is 0 Å². The molecule has 0 radical (unpaired) electrons. The lowest BCUT2D eigenvalue weighted by atomic mass is 9.49. The number of nitrogens with zero attached hydrogens (tertiary/aromatic N) is 2. The third-order valence-electron chi connectivity index (χ3n) is 7.60. The van der Waals surface area contributed by atoms with Crippen LogP contribution in [0.4, 0.5) is 5.69 Å². The molecule has 0 spiro atoms. The minimum absolute atomic E-state index is 0.0157. The molecule has 0 heterocycles. The molecule has 0 aromatic heterocycles. The molecule has 0 aliphatic heterocycles. The number of carbonyl (C=O) groups is 1. The Hall–Kier alpha value is -2.95. The molecule has 3 aliphatic rings. The van der Waals surface area contributed by atoms with Gasteiger partial charge < -0.3 is 4.90 Å². The SMILES string of the molecule is Cc1ccc(C(=O)N(CC2=CCC3CC2C3(C)C)C(C)c2ccccc2)cc1[N+](=O)[O-]. The first-order chi connectivity index (χ1) is 14.7. The van der Waals surface area contributed by atoms with Crippen molar-refractivity contribution in [2.45, 2.75) is 46.6 Å². The van der Waals surface area contributed by atoms with Crippen LogP contribution in [0.1, 0.15) is 61.1 Å². The molecule has 0 N–H and O–H groups in total. The third-order valence-corrected chi connectivity index (χ3v) is 7.60. The summed E-state index contributed by atoms with van der Waals surface area (Å²) in [6.07, 6.45) is 4.58. The summed E-state index contributed by atoms with van der Waals surface area (Å²) in [5.41, 5.74) is 3.56. The van der Waals surface area contributed by atoms with E-state index in [1.165, 1.54) is 18.1 Å². The molecule has 2 aromatic rings. The quantitative estimate of drug-likeness (QED) is 0.323. The van der Waals surface area contributed by atoms with E-state index in [1.807, 2.05) is 42.2 Å². The molecule has 5 rings (SSSR count). The van der Waals surface area contributed by atoms with E-state index in [9.17, 15) is 14.9 Å². The third kappa shape index (κ3) is 3.78. The Kier molecular flexibility index (Phi) is 5.46. The largest absolute Gasteiger partial charge is 0.328 e. The van der Waals surface area contributed by atoms with Gasteiger partial charge in [-0.25, -0.2) is 0 Å². The monoisotopic (exact) mass is 418 g/mol. The first-order valence-corrected chi connectivity index (χ1v) is 11.0. The summed E-state index contributed by atoms with van der Waals surface area (Å²) in [7, 11) is 0. The number of nitro benzene ring substituents is 1. The van der Waals surface area contributed by atoms with Crippen LogP contribution in [0.5, 0.6) is 0 Å². The molecule has 2 bridgehead atoms. The van der Waals surface area contributed by atoms with Crippen LogP contribution in [0, 0.1) is 34.3 Å². The van der Waals surface area contributed by atoms with Crippen molar-refractivity contribution in [2.75, 3.05) is 6.54 Å². The second-order valence-electron chi connectivity index (χ2n) is 9.60. The van der Waals surface area contributed by atoms with Crippen LogP contribution in [0.15, 0.2) is 60.2 Å². The van der Waals surface area contributed by atoms with E-state index < -0.39 is 4.92 Å². The minimum atomic E-state index is -0.419. The number of hydrogen-bond acceptors (Lipinski definition) is 3. The van der Waals surface area contributed by atoms with Gasteiger partial charge in [0.15, 0.2) is 0 Å². The lowest BCUT2D eigenvalue weighted by Crippen LogP contribution is -2.50. The van der Waals surface area contributed by atoms with Gasteiger partial charge in [0.2, 0.25) is 0 Å². The molecule has 3 atom stereocenters. The van der Waals surface area contributed by atoms with Crippen molar-refractivity contribution >= 4 is 11.6 Å². The second kappa shape index (κ2) is 7.95. The Balaban J connectivity index is 1.69. The first-order valence-electron chi connectivity index (χ1n) is 11.0. The van der Waals surface area contributed by atoms with Crippen LogP contribution in [-0.2, 0) is 0 Å². The normalized spacial score (nSPS) is 22.1. The lowest BCUT2D eigenvalue weighted by Gasteiger charge is -2.57. The van der Waals surface area contributed by atoms with Crippen molar-refractivity contribution < 1.29 is 9.72 Å². The Morgan fingerprint density at radius 3 is 2.55 bits per heavy atom. The highest BCUT2D eigenvalue weighted by molar-refractivity contribution is 5.95. The van der Waals surface area contributed by atoms with Crippen molar-refractivity contribution in [1.29, 1.82) is 0 Å². The summed E-state index contributed by atoms with van der Waals surface area (Å²) in [5.74, 6) is 1.06. The number of amides is 1. The van der Waals surface area contributed by atoms with Gasteiger partial charge in [-0.2, -0.15) is 0 Å². The van der Waals surface area contributed by atoms with Crippen molar-refractivity contribution in [3.63, 3.8) is 0 Å². The summed E-state index contributed by atoms with van der Waals surface area (Å²) in [5, 5.41) is 11.4. The number of aryl methyl sites for hydroxylation is 1. The van der Waals surface area contributed by atoms with Crippen molar-refractivity contribution in [3.8, 4) is 0 Å². The molecule has 2 aromatic carbocycles. The maximum Gasteiger partial charge on any atom is 0.273 e. The number of nitro groups is 1. The maximum absolute atomic E-state index is 13.7. The van der Waals surface area contributed by atoms with Crippen LogP contribution in [-0.4, -0.2) is 22.3 Å². The van der Waals surface area contributed by atoms with Gasteiger partial charge in [-0.3, -0.25) is 14.9 Å². The van der Waals surface area contributed by atoms with Crippen LogP contribution in [0.3, 0.4) is 0 Å². The average molecular weight is 419 g/mol. The molecule has 1 saturated carbocycles. The van der Waals surface area contributed by atoms with Crippen LogP contribution < -0.4 is 0 Å². The number of carbonyl (C=O) groups excluding carboxylic acids is 1. The molecule has 31 heavy (non-hydrogen) atoms. The molecule has 1 amide bonds. The standard InChI is InChI=1S/C26H30N2O3/c1-17-10-11-20(14-24(17)28(30)31)25(29)27(18(2)19-8-6-5-7-9-19)16-21-12-13-22-15-23(21)26(22,3)4/h5-12,14,18,22-23H,13,15-16H2,1-4H3. The van der Waals surface area contributed by atoms with Gasteiger partial charge in [-0.15, -0.1) is 0 Å². The van der Waals surface area contributed by atoms with Gasteiger partial charge in [0.1, 0.15) is 0 Å². The number of allylic oxidation sites excluding steroid dienone is 1. The Morgan fingerprint density at radius 2 is 1.94 bits per heavy atom. The zero-order chi connectivity index (χ0) is 22.3. The highest BCUT2D eigenvalue weighted by Crippen LogP contribution is 2.59. The summed E-state index contributed by atoms with van der Waals surface area (Å²) >= 11 is 0. The van der Waals surface area contributed by atoms with Gasteiger partial charge in [-0.1, -0.05) is 61.9 Å². The minimum Gasteiger partial charge on any atom is -0.328 e. The van der Waals surface area contributed by atoms with Crippen molar-refractivity contribution in [1.82, 2.24) is 4.90 Å². The van der Waals surface area contributed by atoms with Gasteiger partial charge in [0.05, 0.1) is 11.0 Å². The zero-order valence-corrected chi connectivity index (χ0v) is 18.7. The number of benzene rings is 2. The van der Waals surface area contributed by atoms with Crippen molar-refractivity contribution in [3.05, 3.63) is 87.0 Å². The molecular formula is C26H30N2O3. The molecule has 5 nitrogen and oxygen atoms in total. The van der Waals surface area contributed by atoms with E-state index in [1.54, 1.807) is 19.1 Å². The van der Waals surface area contributed by atoms with E-state index in [2.05, 4.69) is 19.9 Å². The fraction of sp³-hybridized carbons (Fsp3) is 0.423. The average Bonchev–Trinajstić information content (AvgIpc) is 2.77. The molecule has 3 unspecified atom stereocenters. The predicted octanol–water partition coefficient (Wildman–Crippen LogP) is 6.10. The van der Waals surface area contributed by atoms with Crippen LogP contribution in [0.25, 0.3) is 0 Å². The maximum atomic E-state index is 13.7. The van der Waals surface area contributed by atoms with E-state index in [0.717, 1.165) is 17.9 Å². The van der Waals surface area contributed by atoms with E-state index in [0.29, 0.717) is 23.6 Å². The Morgan fingerprint density at radius 1 is 1.23 bits per heavy atom. The Bertz CT molecular complexity index is 1040. The van der Waals surface area contributed by atoms with Crippen LogP contribution >= 0.6 is 0 Å². The van der Waals surface area contributed by atoms with Gasteiger partial charge >= 0.3 is 0 Å². The molecular weight excluding hydrogens is 388 g/mol.